The molecule has 26 heavy (non-hydrogen) atoms. The number of hydrogen-bond donors (Lipinski definition) is 7. The molecule has 11 heteroatoms. The number of aliphatic hydroxyl groups is 1. The lowest BCUT2D eigenvalue weighted by Gasteiger charge is -2.26. The Kier molecular flexibility index (Phi) is 10.9. The molecular formula is C15H28N4O6S. The molecule has 0 bridgehead atoms. The number of carboxylic acids is 1. The highest BCUT2D eigenvalue weighted by Gasteiger charge is 2.31. The predicted molar refractivity (Wildman–Crippen MR) is 97.5 cm³/mol. The smallest absolute Gasteiger partial charge is 0.328 e. The van der Waals surface area contributed by atoms with Gasteiger partial charge in [0.25, 0.3) is 0 Å². The molecule has 0 aromatic rings. The second kappa shape index (κ2) is 11.7. The van der Waals surface area contributed by atoms with E-state index >= 15 is 0 Å². The molecule has 0 saturated heterocycles. The van der Waals surface area contributed by atoms with E-state index < -0.39 is 47.9 Å². The fraction of sp³-hybridized carbons (Fsp3) is 0.733. The van der Waals surface area contributed by atoms with Crippen molar-refractivity contribution in [3.05, 3.63) is 0 Å². The summed E-state index contributed by atoms with van der Waals surface area (Å²) in [6.45, 7) is 4.35. The molecule has 5 unspecified atom stereocenters. The number of rotatable bonds is 11. The van der Waals surface area contributed by atoms with Crippen LogP contribution in [0.15, 0.2) is 0 Å². The maximum Gasteiger partial charge on any atom is 0.328 e. The van der Waals surface area contributed by atoms with Crippen molar-refractivity contribution in [1.29, 1.82) is 0 Å². The average molecular weight is 392 g/mol. The van der Waals surface area contributed by atoms with Gasteiger partial charge in [-0.2, -0.15) is 12.6 Å². The first-order valence-electron chi connectivity index (χ1n) is 8.19. The van der Waals surface area contributed by atoms with E-state index in [4.69, 9.17) is 10.8 Å². The highest BCUT2D eigenvalue weighted by atomic mass is 32.1. The largest absolute Gasteiger partial charge is 0.480 e. The third-order valence-electron chi connectivity index (χ3n) is 3.81. The van der Waals surface area contributed by atoms with Crippen molar-refractivity contribution in [1.82, 2.24) is 16.0 Å². The summed E-state index contributed by atoms with van der Waals surface area (Å²) >= 11 is 3.88. The Morgan fingerprint density at radius 3 is 2.08 bits per heavy atom. The fourth-order valence-electron chi connectivity index (χ4n) is 1.94. The summed E-state index contributed by atoms with van der Waals surface area (Å²) in [4.78, 5) is 47.0. The zero-order valence-electron chi connectivity index (χ0n) is 15.1. The van der Waals surface area contributed by atoms with Crippen LogP contribution in [0.25, 0.3) is 0 Å². The van der Waals surface area contributed by atoms with Crippen LogP contribution < -0.4 is 21.7 Å². The van der Waals surface area contributed by atoms with E-state index in [1.807, 2.05) is 0 Å². The summed E-state index contributed by atoms with van der Waals surface area (Å²) in [6.07, 6.45) is -0.784. The van der Waals surface area contributed by atoms with Crippen molar-refractivity contribution in [2.75, 3.05) is 12.3 Å². The molecule has 0 aliphatic rings. The Morgan fingerprint density at radius 2 is 1.65 bits per heavy atom. The molecule has 0 rings (SSSR count). The van der Waals surface area contributed by atoms with Crippen LogP contribution in [0.1, 0.15) is 27.2 Å². The van der Waals surface area contributed by atoms with Crippen LogP contribution >= 0.6 is 12.6 Å². The van der Waals surface area contributed by atoms with Crippen molar-refractivity contribution >= 4 is 36.3 Å². The first kappa shape index (κ1) is 24.1. The summed E-state index contributed by atoms with van der Waals surface area (Å²) < 4.78 is 0. The lowest BCUT2D eigenvalue weighted by molar-refractivity contribution is -0.145. The van der Waals surface area contributed by atoms with E-state index in [1.54, 1.807) is 13.8 Å². The van der Waals surface area contributed by atoms with E-state index in [2.05, 4.69) is 28.6 Å². The molecule has 10 nitrogen and oxygen atoms in total. The van der Waals surface area contributed by atoms with E-state index in [-0.39, 0.29) is 18.2 Å². The first-order chi connectivity index (χ1) is 12.0. The summed E-state index contributed by atoms with van der Waals surface area (Å²) in [7, 11) is 0. The Labute approximate surface area is 157 Å². The van der Waals surface area contributed by atoms with Crippen LogP contribution in [0.5, 0.6) is 0 Å². The van der Waals surface area contributed by atoms with Crippen LogP contribution in [0.4, 0.5) is 0 Å². The highest BCUT2D eigenvalue weighted by Crippen LogP contribution is 2.09. The minimum Gasteiger partial charge on any atom is -0.480 e. The Hall–Kier alpha value is -1.85. The normalized spacial score (nSPS) is 16.5. The quantitative estimate of drug-likeness (QED) is 0.196. The molecule has 0 aliphatic heterocycles. The molecule has 0 aromatic carbocycles. The Bertz CT molecular complexity index is 516. The highest BCUT2D eigenvalue weighted by molar-refractivity contribution is 7.80. The van der Waals surface area contributed by atoms with Crippen molar-refractivity contribution < 1.29 is 29.4 Å². The second-order valence-electron chi connectivity index (χ2n) is 6.00. The summed E-state index contributed by atoms with van der Waals surface area (Å²) in [5, 5.41) is 25.5. The van der Waals surface area contributed by atoms with Crippen LogP contribution in [0.2, 0.25) is 0 Å². The van der Waals surface area contributed by atoms with Gasteiger partial charge < -0.3 is 31.9 Å². The fourth-order valence-corrected chi connectivity index (χ4v) is 2.11. The molecule has 0 heterocycles. The molecule has 0 spiro atoms. The van der Waals surface area contributed by atoms with Crippen molar-refractivity contribution in [3.8, 4) is 0 Å². The monoisotopic (exact) mass is 392 g/mol. The average Bonchev–Trinajstić information content (AvgIpc) is 2.59. The summed E-state index contributed by atoms with van der Waals surface area (Å²) in [5.74, 6) is -3.51. The number of amides is 3. The maximum absolute atomic E-state index is 12.4. The molecule has 7 N–H and O–H groups in total. The van der Waals surface area contributed by atoms with Gasteiger partial charge in [-0.05, 0) is 12.8 Å². The summed E-state index contributed by atoms with van der Waals surface area (Å²) in [6, 6.07) is -3.38. The molecule has 3 amide bonds. The van der Waals surface area contributed by atoms with E-state index in [0.717, 1.165) is 0 Å². The zero-order valence-corrected chi connectivity index (χ0v) is 16.0. The molecule has 0 fully saturated rings. The lowest BCUT2D eigenvalue weighted by atomic mass is 9.97. The number of carbonyl (C=O) groups excluding carboxylic acids is 3. The van der Waals surface area contributed by atoms with Gasteiger partial charge in [0.1, 0.15) is 6.04 Å². The third-order valence-corrected chi connectivity index (χ3v) is 4.21. The summed E-state index contributed by atoms with van der Waals surface area (Å²) in [5.41, 5.74) is 5.47. The standard InChI is InChI=1S/C15H28N4O6S/c1-4-7(2)11(14(23)19-12(8(3)20)15(24)25)18-10(21)5-17-13(22)9(16)6-26/h7-9,11-12,20,26H,4-6,16H2,1-3H3,(H,17,22)(H,18,21)(H,19,23)(H,24,25). The van der Waals surface area contributed by atoms with Crippen LogP contribution in [0.3, 0.4) is 0 Å². The minimum absolute atomic E-state index is 0.112. The number of carboxylic acid groups (broad SMARTS) is 1. The lowest BCUT2D eigenvalue weighted by Crippen LogP contribution is -2.57. The minimum atomic E-state index is -1.50. The predicted octanol–water partition coefficient (Wildman–Crippen LogP) is -2.16. The molecule has 0 aliphatic carbocycles. The van der Waals surface area contributed by atoms with Gasteiger partial charge in [0.2, 0.25) is 17.7 Å². The van der Waals surface area contributed by atoms with Gasteiger partial charge in [0, 0.05) is 5.75 Å². The number of thiol groups is 1. The Balaban J connectivity index is 4.94. The van der Waals surface area contributed by atoms with Crippen LogP contribution in [-0.4, -0.2) is 70.4 Å². The molecule has 150 valence electrons. The van der Waals surface area contributed by atoms with Crippen molar-refractivity contribution in [2.24, 2.45) is 11.7 Å². The van der Waals surface area contributed by atoms with Gasteiger partial charge in [-0.1, -0.05) is 20.3 Å². The van der Waals surface area contributed by atoms with Gasteiger partial charge >= 0.3 is 5.97 Å². The number of nitrogens with two attached hydrogens (primary N) is 1. The molecular weight excluding hydrogens is 364 g/mol. The topological polar surface area (TPSA) is 171 Å². The molecule has 0 aromatic heterocycles. The molecule has 0 saturated carbocycles. The van der Waals surface area contributed by atoms with Gasteiger partial charge in [0.15, 0.2) is 6.04 Å². The number of hydrogen-bond acceptors (Lipinski definition) is 7. The maximum atomic E-state index is 12.4. The van der Waals surface area contributed by atoms with Crippen LogP contribution in [0, 0.1) is 5.92 Å². The molecule has 5 atom stereocenters. The van der Waals surface area contributed by atoms with Crippen LogP contribution in [-0.2, 0) is 19.2 Å². The number of aliphatic hydroxyl groups excluding tert-OH is 1. The van der Waals surface area contributed by atoms with Gasteiger partial charge in [-0.3, -0.25) is 14.4 Å². The number of aliphatic carboxylic acids is 1. The number of nitrogens with one attached hydrogen (secondary N) is 3. The van der Waals surface area contributed by atoms with Gasteiger partial charge in [0.05, 0.1) is 18.7 Å². The van der Waals surface area contributed by atoms with Gasteiger partial charge in [-0.25, -0.2) is 4.79 Å². The zero-order chi connectivity index (χ0) is 20.4. The third kappa shape index (κ3) is 8.02. The first-order valence-corrected chi connectivity index (χ1v) is 8.83. The Morgan fingerprint density at radius 1 is 1.08 bits per heavy atom. The van der Waals surface area contributed by atoms with E-state index in [1.165, 1.54) is 6.92 Å². The van der Waals surface area contributed by atoms with Crippen molar-refractivity contribution in [3.63, 3.8) is 0 Å². The van der Waals surface area contributed by atoms with Crippen molar-refractivity contribution in [2.45, 2.75) is 51.4 Å². The SMILES string of the molecule is CCC(C)C(NC(=O)CNC(=O)C(N)CS)C(=O)NC(C(=O)O)C(C)O. The van der Waals surface area contributed by atoms with E-state index in [9.17, 15) is 24.3 Å². The van der Waals surface area contributed by atoms with Gasteiger partial charge in [-0.15, -0.1) is 0 Å². The van der Waals surface area contributed by atoms with E-state index in [0.29, 0.717) is 6.42 Å². The second-order valence-corrected chi connectivity index (χ2v) is 6.37. The number of carbonyl (C=O) groups is 4. The molecule has 0 radical (unpaired) electrons.